The third kappa shape index (κ3) is 34.4. The van der Waals surface area contributed by atoms with E-state index in [2.05, 4.69) is 10.3 Å². The second-order valence-corrected chi connectivity index (χ2v) is 10.5. The van der Waals surface area contributed by atoms with Crippen molar-refractivity contribution in [3.63, 3.8) is 0 Å². The zero-order valence-corrected chi connectivity index (χ0v) is 30.0. The number of carbonyl (C=O) groups is 2. The van der Waals surface area contributed by atoms with Crippen LogP contribution in [-0.4, -0.2) is 186 Å². The third-order valence-corrected chi connectivity index (χ3v) is 6.26. The summed E-state index contributed by atoms with van der Waals surface area (Å²) in [5.41, 5.74) is 0.804. The Labute approximate surface area is 296 Å². The summed E-state index contributed by atoms with van der Waals surface area (Å²) in [6.45, 7) is 13.9. The molecule has 0 aliphatic carbocycles. The minimum Gasteiger partial charge on any atom is -0.379 e. The molecule has 0 spiro atoms. The Bertz CT molecular complexity index is 867. The Kier molecular flexibility index (Phi) is 35.2. The molecular formula is C33H61N3O14. The van der Waals surface area contributed by atoms with Crippen molar-refractivity contribution in [1.29, 1.82) is 0 Å². The van der Waals surface area contributed by atoms with E-state index in [0.29, 0.717) is 184 Å². The molecule has 1 rings (SSSR count). The van der Waals surface area contributed by atoms with Crippen molar-refractivity contribution in [2.45, 2.75) is 32.7 Å². The van der Waals surface area contributed by atoms with Crippen LogP contribution in [0.15, 0.2) is 6.20 Å². The summed E-state index contributed by atoms with van der Waals surface area (Å²) >= 11 is 0. The number of hydrogen-bond acceptors (Lipinski definition) is 16. The Morgan fingerprint density at radius 1 is 0.520 bits per heavy atom. The van der Waals surface area contributed by atoms with Crippen molar-refractivity contribution in [2.75, 3.05) is 159 Å². The van der Waals surface area contributed by atoms with E-state index in [4.69, 9.17) is 56.8 Å². The van der Waals surface area contributed by atoms with Crippen LogP contribution in [0.1, 0.15) is 25.5 Å². The highest BCUT2D eigenvalue weighted by molar-refractivity contribution is 5.75. The second-order valence-electron chi connectivity index (χ2n) is 10.5. The molecule has 0 aliphatic rings. The van der Waals surface area contributed by atoms with E-state index in [9.17, 15) is 9.59 Å². The van der Waals surface area contributed by atoms with Crippen LogP contribution < -0.4 is 0 Å². The van der Waals surface area contributed by atoms with Crippen LogP contribution in [0, 0.1) is 0 Å². The molecule has 0 radical (unpaired) electrons. The molecule has 0 aliphatic heterocycles. The Hall–Kier alpha value is -2.00. The quantitative estimate of drug-likeness (QED) is 0.0676. The molecule has 0 fully saturated rings. The smallest absolute Gasteiger partial charge is 0.132 e. The van der Waals surface area contributed by atoms with E-state index >= 15 is 0 Å². The summed E-state index contributed by atoms with van der Waals surface area (Å²) in [7, 11) is 0. The topological polar surface area (TPSA) is 176 Å². The highest BCUT2D eigenvalue weighted by Gasteiger charge is 2.01. The number of rotatable bonds is 42. The lowest BCUT2D eigenvalue weighted by molar-refractivity contribution is -0.118. The molecule has 0 unspecified atom stereocenters. The van der Waals surface area contributed by atoms with Gasteiger partial charge in [-0.2, -0.15) is 0 Å². The largest absolute Gasteiger partial charge is 0.379 e. The maximum absolute atomic E-state index is 10.8. The predicted octanol–water partition coefficient (Wildman–Crippen LogP) is 0.588. The molecule has 0 aromatic carbocycles. The highest BCUT2D eigenvalue weighted by atomic mass is 16.6. The Balaban J connectivity index is 1.63. The second kappa shape index (κ2) is 38.2. The SMILES string of the molecule is CC(=O)CCOCCOCCOCCOCCOCCOCCOCCOCCOCCOCCOCCOCCn1cc(CCC=O)nn1. The number of ether oxygens (including phenoxy) is 12. The summed E-state index contributed by atoms with van der Waals surface area (Å²) in [5, 5.41) is 8.01. The molecule has 292 valence electrons. The van der Waals surface area contributed by atoms with Gasteiger partial charge in [0, 0.05) is 19.0 Å². The summed E-state index contributed by atoms with van der Waals surface area (Å²) in [6.07, 6.45) is 4.20. The van der Waals surface area contributed by atoms with E-state index in [1.165, 1.54) is 0 Å². The summed E-state index contributed by atoms with van der Waals surface area (Å²) < 4.78 is 67.1. The fourth-order valence-corrected chi connectivity index (χ4v) is 3.66. The summed E-state index contributed by atoms with van der Waals surface area (Å²) in [4.78, 5) is 21.2. The number of aromatic nitrogens is 3. The molecule has 1 aromatic heterocycles. The van der Waals surface area contributed by atoms with Crippen LogP contribution in [0.5, 0.6) is 0 Å². The van der Waals surface area contributed by atoms with Gasteiger partial charge in [-0.15, -0.1) is 5.10 Å². The first kappa shape index (κ1) is 46.0. The van der Waals surface area contributed by atoms with Crippen LogP contribution in [0.2, 0.25) is 0 Å². The van der Waals surface area contributed by atoms with E-state index in [1.54, 1.807) is 11.6 Å². The first-order valence-electron chi connectivity index (χ1n) is 17.5. The van der Waals surface area contributed by atoms with Crippen LogP contribution in [0.4, 0.5) is 0 Å². The Morgan fingerprint density at radius 3 is 1.12 bits per heavy atom. The number of aryl methyl sites for hydroxylation is 1. The first-order valence-corrected chi connectivity index (χ1v) is 17.5. The lowest BCUT2D eigenvalue weighted by Crippen LogP contribution is -2.15. The van der Waals surface area contributed by atoms with Crippen molar-refractivity contribution >= 4 is 12.1 Å². The third-order valence-electron chi connectivity index (χ3n) is 6.26. The fraction of sp³-hybridized carbons (Fsp3) is 0.879. The van der Waals surface area contributed by atoms with Gasteiger partial charge in [-0.05, 0) is 13.3 Å². The van der Waals surface area contributed by atoms with Gasteiger partial charge in [0.25, 0.3) is 0 Å². The fourth-order valence-electron chi connectivity index (χ4n) is 3.66. The molecule has 0 amide bonds. The molecular weight excluding hydrogens is 662 g/mol. The predicted molar refractivity (Wildman–Crippen MR) is 180 cm³/mol. The number of aldehydes is 1. The van der Waals surface area contributed by atoms with Crippen LogP contribution in [0.3, 0.4) is 0 Å². The maximum atomic E-state index is 10.8. The van der Waals surface area contributed by atoms with Gasteiger partial charge in [-0.3, -0.25) is 4.79 Å². The molecule has 17 heteroatoms. The monoisotopic (exact) mass is 723 g/mol. The zero-order chi connectivity index (χ0) is 35.8. The normalized spacial score (nSPS) is 11.5. The van der Waals surface area contributed by atoms with E-state index in [-0.39, 0.29) is 5.78 Å². The molecule has 50 heavy (non-hydrogen) atoms. The van der Waals surface area contributed by atoms with E-state index in [0.717, 1.165) is 12.0 Å². The number of Topliss-reactive ketones (excluding diaryl/α,β-unsaturated/α-hetero) is 1. The van der Waals surface area contributed by atoms with Crippen LogP contribution in [-0.2, 0) is 79.4 Å². The summed E-state index contributed by atoms with van der Waals surface area (Å²) in [6, 6.07) is 0. The molecule has 0 atom stereocenters. The van der Waals surface area contributed by atoms with Crippen molar-refractivity contribution in [3.8, 4) is 0 Å². The number of hydrogen-bond donors (Lipinski definition) is 0. The number of nitrogens with zero attached hydrogens (tertiary/aromatic N) is 3. The Morgan fingerprint density at radius 2 is 0.820 bits per heavy atom. The van der Waals surface area contributed by atoms with Gasteiger partial charge >= 0.3 is 0 Å². The van der Waals surface area contributed by atoms with E-state index in [1.807, 2.05) is 6.20 Å². The van der Waals surface area contributed by atoms with Crippen molar-refractivity contribution in [3.05, 3.63) is 11.9 Å². The summed E-state index contributed by atoms with van der Waals surface area (Å²) in [5.74, 6) is 0.123. The zero-order valence-electron chi connectivity index (χ0n) is 30.0. The standard InChI is InChI=1S/C33H61N3O14/c1-32(38)4-7-39-9-11-41-13-15-43-17-19-45-21-23-47-25-27-49-29-30-50-28-26-48-24-22-46-20-18-44-16-14-42-12-10-40-8-5-36-31-33(34-35-36)3-2-6-37/h6,31H,2-5,7-30H2,1H3. The van der Waals surface area contributed by atoms with Crippen molar-refractivity contribution < 1.29 is 66.4 Å². The molecule has 0 saturated carbocycles. The van der Waals surface area contributed by atoms with E-state index < -0.39 is 0 Å². The van der Waals surface area contributed by atoms with Crippen LogP contribution >= 0.6 is 0 Å². The van der Waals surface area contributed by atoms with Crippen molar-refractivity contribution in [1.82, 2.24) is 15.0 Å². The molecule has 1 heterocycles. The molecule has 0 bridgehead atoms. The molecule has 1 aromatic rings. The average Bonchev–Trinajstić information content (AvgIpc) is 3.57. The van der Waals surface area contributed by atoms with Gasteiger partial charge in [0.15, 0.2) is 0 Å². The average molecular weight is 724 g/mol. The van der Waals surface area contributed by atoms with Crippen LogP contribution in [0.25, 0.3) is 0 Å². The van der Waals surface area contributed by atoms with Gasteiger partial charge < -0.3 is 61.6 Å². The molecule has 0 saturated heterocycles. The maximum Gasteiger partial charge on any atom is 0.132 e. The lowest BCUT2D eigenvalue weighted by atomic mass is 10.3. The number of ketones is 1. The lowest BCUT2D eigenvalue weighted by Gasteiger charge is -2.09. The van der Waals surface area contributed by atoms with Crippen molar-refractivity contribution in [2.24, 2.45) is 0 Å². The minimum atomic E-state index is 0.123. The van der Waals surface area contributed by atoms with Gasteiger partial charge in [-0.1, -0.05) is 5.21 Å². The van der Waals surface area contributed by atoms with Gasteiger partial charge in [-0.25, -0.2) is 4.68 Å². The molecule has 0 N–H and O–H groups in total. The van der Waals surface area contributed by atoms with Gasteiger partial charge in [0.05, 0.1) is 171 Å². The first-order chi connectivity index (χ1) is 24.7. The molecule has 17 nitrogen and oxygen atoms in total. The van der Waals surface area contributed by atoms with Gasteiger partial charge in [0.1, 0.15) is 12.1 Å². The highest BCUT2D eigenvalue weighted by Crippen LogP contribution is 1.97. The van der Waals surface area contributed by atoms with Gasteiger partial charge in [0.2, 0.25) is 0 Å². The number of carbonyl (C=O) groups excluding carboxylic acids is 2. The minimum absolute atomic E-state index is 0.123.